The highest BCUT2D eigenvalue weighted by Crippen LogP contribution is 2.31. The van der Waals surface area contributed by atoms with E-state index >= 15 is 0 Å². The van der Waals surface area contributed by atoms with Gasteiger partial charge in [-0.15, -0.1) is 0 Å². The minimum atomic E-state index is 0.279. The van der Waals surface area contributed by atoms with Crippen molar-refractivity contribution in [3.05, 3.63) is 33.8 Å². The second-order valence-electron chi connectivity index (χ2n) is 4.26. The molecule has 1 aromatic carbocycles. The largest absolute Gasteiger partial charge is 0.271 e. The fourth-order valence-corrected chi connectivity index (χ4v) is 4.00. The Hall–Kier alpha value is 0.0700. The van der Waals surface area contributed by atoms with Crippen molar-refractivity contribution in [2.24, 2.45) is 5.84 Å². The van der Waals surface area contributed by atoms with Crippen LogP contribution in [-0.2, 0) is 6.42 Å². The molecule has 0 bridgehead atoms. The summed E-state index contributed by atoms with van der Waals surface area (Å²) in [6.07, 6.45) is 3.36. The van der Waals surface area contributed by atoms with E-state index in [-0.39, 0.29) is 6.04 Å². The van der Waals surface area contributed by atoms with Crippen molar-refractivity contribution in [1.82, 2.24) is 5.43 Å². The van der Waals surface area contributed by atoms with Crippen molar-refractivity contribution >= 4 is 35.0 Å². The van der Waals surface area contributed by atoms with Gasteiger partial charge < -0.3 is 0 Å². The third kappa shape index (κ3) is 3.52. The Labute approximate surface area is 116 Å². The highest BCUT2D eigenvalue weighted by Gasteiger charge is 2.25. The maximum Gasteiger partial charge on any atom is 0.0453 e. The van der Waals surface area contributed by atoms with E-state index in [0.717, 1.165) is 17.0 Å². The zero-order valence-electron chi connectivity index (χ0n) is 9.46. The molecule has 94 valence electrons. The fraction of sp³-hybridized carbons (Fsp3) is 0.500. The van der Waals surface area contributed by atoms with Crippen molar-refractivity contribution in [3.8, 4) is 0 Å². The molecule has 0 aliphatic carbocycles. The molecule has 1 heterocycles. The van der Waals surface area contributed by atoms with Crippen LogP contribution in [0.1, 0.15) is 18.4 Å². The van der Waals surface area contributed by atoms with E-state index in [1.54, 1.807) is 6.07 Å². The summed E-state index contributed by atoms with van der Waals surface area (Å²) in [5.41, 5.74) is 4.03. The van der Waals surface area contributed by atoms with Gasteiger partial charge >= 0.3 is 0 Å². The summed E-state index contributed by atoms with van der Waals surface area (Å²) in [7, 11) is 0. The van der Waals surface area contributed by atoms with Crippen LogP contribution < -0.4 is 11.3 Å². The van der Waals surface area contributed by atoms with Crippen LogP contribution in [0.4, 0.5) is 0 Å². The lowest BCUT2D eigenvalue weighted by atomic mass is 10.0. The topological polar surface area (TPSA) is 38.0 Å². The van der Waals surface area contributed by atoms with Gasteiger partial charge in [-0.25, -0.2) is 0 Å². The Morgan fingerprint density at radius 3 is 2.88 bits per heavy atom. The summed E-state index contributed by atoms with van der Waals surface area (Å²) in [5, 5.41) is 1.98. The van der Waals surface area contributed by atoms with Gasteiger partial charge in [0.25, 0.3) is 0 Å². The quantitative estimate of drug-likeness (QED) is 0.660. The molecule has 1 aromatic rings. The van der Waals surface area contributed by atoms with E-state index in [2.05, 4.69) is 5.43 Å². The van der Waals surface area contributed by atoms with Gasteiger partial charge in [0.2, 0.25) is 0 Å². The molecule has 2 rings (SSSR count). The van der Waals surface area contributed by atoms with Gasteiger partial charge in [-0.2, -0.15) is 11.8 Å². The van der Waals surface area contributed by atoms with Gasteiger partial charge in [-0.1, -0.05) is 29.3 Å². The minimum absolute atomic E-state index is 0.279. The molecule has 1 saturated heterocycles. The first-order valence-corrected chi connectivity index (χ1v) is 7.53. The first-order valence-electron chi connectivity index (χ1n) is 5.72. The van der Waals surface area contributed by atoms with Crippen molar-refractivity contribution in [2.75, 3.05) is 5.75 Å². The molecule has 0 amide bonds. The van der Waals surface area contributed by atoms with Gasteiger partial charge in [0.05, 0.1) is 0 Å². The number of thioether (sulfide) groups is 1. The molecule has 0 spiro atoms. The summed E-state index contributed by atoms with van der Waals surface area (Å²) in [5.74, 6) is 6.88. The third-order valence-corrected chi connectivity index (χ3v) is 5.19. The number of hydrogen-bond acceptors (Lipinski definition) is 3. The highest BCUT2D eigenvalue weighted by molar-refractivity contribution is 8.00. The van der Waals surface area contributed by atoms with Gasteiger partial charge in [0.1, 0.15) is 0 Å². The number of hydrogen-bond donors (Lipinski definition) is 2. The predicted molar refractivity (Wildman–Crippen MR) is 76.8 cm³/mol. The van der Waals surface area contributed by atoms with Gasteiger partial charge in [0.15, 0.2) is 0 Å². The van der Waals surface area contributed by atoms with Gasteiger partial charge in [-0.05, 0) is 42.7 Å². The summed E-state index contributed by atoms with van der Waals surface area (Å²) >= 11 is 14.1. The Bertz CT molecular complexity index is 381. The Balaban J connectivity index is 2.06. The molecular weight excluding hydrogens is 275 g/mol. The van der Waals surface area contributed by atoms with Gasteiger partial charge in [-0.3, -0.25) is 11.3 Å². The molecule has 1 aliphatic rings. The standard InChI is InChI=1S/C12H16Cl2N2S/c13-9-4-3-8(10(14)7-9)6-11(16-15)12-2-1-5-17-12/h3-4,7,11-12,16H,1-2,5-6,15H2. The summed E-state index contributed by atoms with van der Waals surface area (Å²) in [6.45, 7) is 0. The van der Waals surface area contributed by atoms with E-state index in [4.69, 9.17) is 29.0 Å². The van der Waals surface area contributed by atoms with Crippen LogP contribution >= 0.6 is 35.0 Å². The lowest BCUT2D eigenvalue weighted by molar-refractivity contribution is 0.496. The molecule has 0 radical (unpaired) electrons. The minimum Gasteiger partial charge on any atom is -0.271 e. The van der Waals surface area contributed by atoms with E-state index in [9.17, 15) is 0 Å². The first-order chi connectivity index (χ1) is 8.20. The number of rotatable bonds is 4. The zero-order chi connectivity index (χ0) is 12.3. The molecule has 2 atom stereocenters. The summed E-state index contributed by atoms with van der Waals surface area (Å²) in [6, 6.07) is 5.92. The molecule has 17 heavy (non-hydrogen) atoms. The van der Waals surface area contributed by atoms with Crippen molar-refractivity contribution in [3.63, 3.8) is 0 Å². The van der Waals surface area contributed by atoms with Crippen LogP contribution in [0.25, 0.3) is 0 Å². The molecule has 0 saturated carbocycles. The predicted octanol–water partition coefficient (Wildman–Crippen LogP) is 3.26. The number of halogens is 2. The smallest absolute Gasteiger partial charge is 0.0453 e. The normalized spacial score (nSPS) is 21.7. The zero-order valence-corrected chi connectivity index (χ0v) is 11.8. The number of nitrogens with two attached hydrogens (primary N) is 1. The SMILES string of the molecule is NNC(Cc1ccc(Cl)cc1Cl)C1CCCS1. The molecule has 2 unspecified atom stereocenters. The van der Waals surface area contributed by atoms with Crippen molar-refractivity contribution in [2.45, 2.75) is 30.6 Å². The fourth-order valence-electron chi connectivity index (χ4n) is 2.14. The second-order valence-corrected chi connectivity index (χ2v) is 6.46. The lowest BCUT2D eigenvalue weighted by Crippen LogP contribution is -2.43. The summed E-state index contributed by atoms with van der Waals surface area (Å²) < 4.78 is 0. The van der Waals surface area contributed by atoms with Crippen molar-refractivity contribution in [1.29, 1.82) is 0 Å². The monoisotopic (exact) mass is 290 g/mol. The second kappa shape index (κ2) is 6.30. The van der Waals surface area contributed by atoms with E-state index in [1.165, 1.54) is 18.6 Å². The van der Waals surface area contributed by atoms with Gasteiger partial charge in [0, 0.05) is 21.3 Å². The van der Waals surface area contributed by atoms with Crippen LogP contribution in [0.3, 0.4) is 0 Å². The molecule has 1 fully saturated rings. The van der Waals surface area contributed by atoms with Crippen LogP contribution in [0.5, 0.6) is 0 Å². The highest BCUT2D eigenvalue weighted by atomic mass is 35.5. The Kier molecular flexibility index (Phi) is 5.00. The molecule has 1 aliphatic heterocycles. The Morgan fingerprint density at radius 1 is 1.47 bits per heavy atom. The van der Waals surface area contributed by atoms with Crippen LogP contribution in [-0.4, -0.2) is 17.0 Å². The van der Waals surface area contributed by atoms with Crippen molar-refractivity contribution < 1.29 is 0 Å². The average Bonchev–Trinajstić information content (AvgIpc) is 2.81. The molecule has 0 aromatic heterocycles. The molecule has 3 N–H and O–H groups in total. The van der Waals surface area contributed by atoms with E-state index in [0.29, 0.717) is 10.3 Å². The number of benzene rings is 1. The number of nitrogens with one attached hydrogen (secondary N) is 1. The summed E-state index contributed by atoms with van der Waals surface area (Å²) in [4.78, 5) is 0. The van der Waals surface area contributed by atoms with E-state index in [1.807, 2.05) is 23.9 Å². The van der Waals surface area contributed by atoms with E-state index < -0.39 is 0 Å². The first kappa shape index (κ1) is 13.5. The van der Waals surface area contributed by atoms with Crippen LogP contribution in [0, 0.1) is 0 Å². The maximum absolute atomic E-state index is 6.18. The third-order valence-electron chi connectivity index (χ3n) is 3.08. The molecule has 2 nitrogen and oxygen atoms in total. The molecule has 5 heteroatoms. The number of hydrazine groups is 1. The average molecular weight is 291 g/mol. The molecular formula is C12H16Cl2N2S. The maximum atomic E-state index is 6.18. The van der Waals surface area contributed by atoms with Crippen LogP contribution in [0.15, 0.2) is 18.2 Å². The Morgan fingerprint density at radius 2 is 2.29 bits per heavy atom. The lowest BCUT2D eigenvalue weighted by Gasteiger charge is -2.22. The van der Waals surface area contributed by atoms with Crippen LogP contribution in [0.2, 0.25) is 10.0 Å².